The zero-order chi connectivity index (χ0) is 27.1. The molecule has 4 rings (SSSR count). The molecule has 4 N–H and O–H groups in total. The summed E-state index contributed by atoms with van der Waals surface area (Å²) in [6, 6.07) is 13.8. The van der Waals surface area contributed by atoms with Crippen molar-refractivity contribution < 1.29 is 23.1 Å². The molecule has 38 heavy (non-hydrogen) atoms. The zero-order valence-corrected chi connectivity index (χ0v) is 20.9. The van der Waals surface area contributed by atoms with Gasteiger partial charge in [0.15, 0.2) is 0 Å². The van der Waals surface area contributed by atoms with Crippen molar-refractivity contribution in [1.29, 1.82) is 0 Å². The van der Waals surface area contributed by atoms with E-state index in [0.29, 0.717) is 47.8 Å². The first-order chi connectivity index (χ1) is 18.3. The van der Waals surface area contributed by atoms with Crippen LogP contribution < -0.4 is 15.8 Å². The Morgan fingerprint density at radius 3 is 2.55 bits per heavy atom. The van der Waals surface area contributed by atoms with Crippen LogP contribution in [-0.2, 0) is 17.6 Å². The Kier molecular flexibility index (Phi) is 8.60. The summed E-state index contributed by atoms with van der Waals surface area (Å²) >= 11 is 0. The van der Waals surface area contributed by atoms with Gasteiger partial charge in [-0.1, -0.05) is 23.8 Å². The number of H-pyrrole nitrogens is 1. The molecule has 0 unspecified atom stereocenters. The van der Waals surface area contributed by atoms with Crippen LogP contribution in [0.5, 0.6) is 11.5 Å². The van der Waals surface area contributed by atoms with Crippen molar-refractivity contribution in [2.24, 2.45) is 5.73 Å². The van der Waals surface area contributed by atoms with Crippen molar-refractivity contribution in [2.75, 3.05) is 13.1 Å². The summed E-state index contributed by atoms with van der Waals surface area (Å²) in [7, 11) is 0. The summed E-state index contributed by atoms with van der Waals surface area (Å²) in [6.07, 6.45) is 3.55. The maximum atomic E-state index is 14.8. The van der Waals surface area contributed by atoms with Crippen LogP contribution in [-0.4, -0.2) is 34.7 Å². The first-order valence-corrected chi connectivity index (χ1v) is 12.2. The quantitative estimate of drug-likeness (QED) is 0.245. The number of aromatic amines is 1. The standard InChI is InChI=1S/C29H28F2N4O3/c1-18-3-6-25(30)20(11-18)13-22(36)12-19-4-5-23(15-26(19)31)38-24-7-10-33-28(16-24)27-14-21(17-35-27)29(37)34-9-2-8-32/h3-7,10-11,14-17,35H,2,8-9,12-13,32H2,1H3,(H,34,37). The Bertz CT molecular complexity index is 1450. The number of halogens is 2. The maximum Gasteiger partial charge on any atom is 0.252 e. The third-order valence-corrected chi connectivity index (χ3v) is 5.86. The summed E-state index contributed by atoms with van der Waals surface area (Å²) in [5, 5.41) is 2.79. The predicted molar refractivity (Wildman–Crippen MR) is 140 cm³/mol. The number of aromatic nitrogens is 2. The number of amides is 1. The molecule has 0 aliphatic heterocycles. The molecular formula is C29H28F2N4O3. The van der Waals surface area contributed by atoms with Gasteiger partial charge in [-0.15, -0.1) is 0 Å². The third-order valence-electron chi connectivity index (χ3n) is 5.86. The number of hydrogen-bond donors (Lipinski definition) is 3. The Balaban J connectivity index is 1.40. The van der Waals surface area contributed by atoms with Gasteiger partial charge in [-0.3, -0.25) is 14.6 Å². The highest BCUT2D eigenvalue weighted by Crippen LogP contribution is 2.27. The first kappa shape index (κ1) is 26.7. The van der Waals surface area contributed by atoms with Crippen LogP contribution in [0.25, 0.3) is 11.4 Å². The minimum absolute atomic E-state index is 0.110. The Labute approximate surface area is 219 Å². The highest BCUT2D eigenvalue weighted by atomic mass is 19.1. The molecule has 1 amide bonds. The van der Waals surface area contributed by atoms with Gasteiger partial charge < -0.3 is 20.8 Å². The lowest BCUT2D eigenvalue weighted by molar-refractivity contribution is -0.117. The number of hydrogen-bond acceptors (Lipinski definition) is 5. The first-order valence-electron chi connectivity index (χ1n) is 12.2. The van der Waals surface area contributed by atoms with Crippen LogP contribution in [0, 0.1) is 18.6 Å². The van der Waals surface area contributed by atoms with Crippen LogP contribution in [0.1, 0.15) is 33.5 Å². The van der Waals surface area contributed by atoms with E-state index in [4.69, 9.17) is 10.5 Å². The number of carbonyl (C=O) groups is 2. The Morgan fingerprint density at radius 2 is 1.76 bits per heavy atom. The molecule has 4 aromatic rings. The molecule has 9 heteroatoms. The van der Waals surface area contributed by atoms with Crippen LogP contribution in [0.3, 0.4) is 0 Å². The summed E-state index contributed by atoms with van der Waals surface area (Å²) in [6.45, 7) is 2.80. The van der Waals surface area contributed by atoms with Crippen molar-refractivity contribution in [3.05, 3.63) is 101 Å². The van der Waals surface area contributed by atoms with E-state index in [2.05, 4.69) is 15.3 Å². The summed E-state index contributed by atoms with van der Waals surface area (Å²) < 4.78 is 34.5. The lowest BCUT2D eigenvalue weighted by Gasteiger charge is -2.09. The number of pyridine rings is 1. The van der Waals surface area contributed by atoms with E-state index in [1.54, 1.807) is 48.8 Å². The van der Waals surface area contributed by atoms with Gasteiger partial charge >= 0.3 is 0 Å². The van der Waals surface area contributed by atoms with E-state index >= 15 is 0 Å². The number of benzene rings is 2. The molecular weight excluding hydrogens is 490 g/mol. The van der Waals surface area contributed by atoms with Crippen molar-refractivity contribution >= 4 is 11.7 Å². The molecule has 0 spiro atoms. The van der Waals surface area contributed by atoms with Gasteiger partial charge in [-0.2, -0.15) is 0 Å². The number of carbonyl (C=O) groups excluding carboxylic acids is 2. The second-order valence-corrected chi connectivity index (χ2v) is 8.92. The van der Waals surface area contributed by atoms with Gasteiger partial charge in [-0.25, -0.2) is 8.78 Å². The van der Waals surface area contributed by atoms with Crippen LogP contribution >= 0.6 is 0 Å². The lowest BCUT2D eigenvalue weighted by Crippen LogP contribution is -2.25. The molecule has 7 nitrogen and oxygen atoms in total. The number of nitrogens with zero attached hydrogens (tertiary/aromatic N) is 1. The van der Waals surface area contributed by atoms with Crippen molar-refractivity contribution in [3.8, 4) is 22.9 Å². The minimum atomic E-state index is -0.593. The van der Waals surface area contributed by atoms with Gasteiger partial charge in [0, 0.05) is 43.9 Å². The van der Waals surface area contributed by atoms with E-state index in [-0.39, 0.29) is 35.8 Å². The van der Waals surface area contributed by atoms with Crippen LogP contribution in [0.15, 0.2) is 67.0 Å². The predicted octanol–water partition coefficient (Wildman–Crippen LogP) is 4.89. The molecule has 0 atom stereocenters. The second kappa shape index (κ2) is 12.2. The molecule has 0 saturated carbocycles. The van der Waals surface area contributed by atoms with E-state index in [9.17, 15) is 18.4 Å². The van der Waals surface area contributed by atoms with Crippen molar-refractivity contribution in [3.63, 3.8) is 0 Å². The number of Topliss-reactive ketones (excluding diaryl/α,β-unsaturated/α-hetero) is 1. The number of ketones is 1. The highest BCUT2D eigenvalue weighted by Gasteiger charge is 2.14. The summed E-state index contributed by atoms with van der Waals surface area (Å²) in [5.74, 6) is -0.898. The monoisotopic (exact) mass is 518 g/mol. The average molecular weight is 519 g/mol. The second-order valence-electron chi connectivity index (χ2n) is 8.92. The average Bonchev–Trinajstić information content (AvgIpc) is 3.39. The lowest BCUT2D eigenvalue weighted by atomic mass is 10.0. The molecule has 2 heterocycles. The molecule has 0 aliphatic rings. The van der Waals surface area contributed by atoms with Gasteiger partial charge in [0.2, 0.25) is 0 Å². The number of ether oxygens (including phenoxy) is 1. The number of nitrogens with two attached hydrogens (primary N) is 1. The normalized spacial score (nSPS) is 10.8. The topological polar surface area (TPSA) is 110 Å². The van der Waals surface area contributed by atoms with E-state index in [1.165, 1.54) is 18.2 Å². The Hall–Kier alpha value is -4.37. The van der Waals surface area contributed by atoms with E-state index in [1.807, 2.05) is 6.92 Å². The Morgan fingerprint density at radius 1 is 0.974 bits per heavy atom. The smallest absolute Gasteiger partial charge is 0.252 e. The number of nitrogens with one attached hydrogen (secondary N) is 2. The highest BCUT2D eigenvalue weighted by molar-refractivity contribution is 5.95. The fourth-order valence-electron chi connectivity index (χ4n) is 3.90. The van der Waals surface area contributed by atoms with Crippen LogP contribution in [0.2, 0.25) is 0 Å². The van der Waals surface area contributed by atoms with Crippen molar-refractivity contribution in [2.45, 2.75) is 26.2 Å². The van der Waals surface area contributed by atoms with E-state index < -0.39 is 11.6 Å². The molecule has 0 radical (unpaired) electrons. The summed E-state index contributed by atoms with van der Waals surface area (Å²) in [5.41, 5.74) is 8.41. The molecule has 0 saturated heterocycles. The zero-order valence-electron chi connectivity index (χ0n) is 20.9. The minimum Gasteiger partial charge on any atom is -0.457 e. The molecule has 0 aliphatic carbocycles. The van der Waals surface area contributed by atoms with Gasteiger partial charge in [0.25, 0.3) is 5.91 Å². The SMILES string of the molecule is Cc1ccc(F)c(CC(=O)Cc2ccc(Oc3ccnc(-c4cc(C(=O)NCCCN)c[nH]4)c3)cc2F)c1. The van der Waals surface area contributed by atoms with E-state index in [0.717, 1.165) is 5.56 Å². The van der Waals surface area contributed by atoms with Gasteiger partial charge in [0.05, 0.1) is 17.0 Å². The molecule has 0 bridgehead atoms. The fraction of sp³-hybridized carbons (Fsp3) is 0.207. The fourth-order valence-corrected chi connectivity index (χ4v) is 3.90. The molecule has 196 valence electrons. The van der Waals surface area contributed by atoms with Gasteiger partial charge in [0.1, 0.15) is 28.9 Å². The van der Waals surface area contributed by atoms with Crippen molar-refractivity contribution in [1.82, 2.24) is 15.3 Å². The number of rotatable bonds is 11. The summed E-state index contributed by atoms with van der Waals surface area (Å²) in [4.78, 5) is 32.0. The maximum absolute atomic E-state index is 14.8. The third kappa shape index (κ3) is 6.89. The molecule has 2 aromatic carbocycles. The van der Waals surface area contributed by atoms with Gasteiger partial charge in [-0.05, 0) is 55.3 Å². The largest absolute Gasteiger partial charge is 0.457 e. The molecule has 2 aromatic heterocycles. The van der Waals surface area contributed by atoms with Crippen LogP contribution in [0.4, 0.5) is 8.78 Å². The molecule has 0 fully saturated rings. The number of aryl methyl sites for hydroxylation is 1.